The van der Waals surface area contributed by atoms with Gasteiger partial charge in [-0.3, -0.25) is 4.90 Å². The zero-order valence-corrected chi connectivity index (χ0v) is 13.4. The van der Waals surface area contributed by atoms with Crippen molar-refractivity contribution in [2.75, 3.05) is 12.3 Å². The number of aryl methyl sites for hydroxylation is 1. The zero-order chi connectivity index (χ0) is 14.9. The summed E-state index contributed by atoms with van der Waals surface area (Å²) in [6, 6.07) is 14.7. The molecule has 3 aromatic rings. The van der Waals surface area contributed by atoms with Crippen molar-refractivity contribution >= 4 is 22.8 Å². The third-order valence-corrected chi connectivity index (χ3v) is 5.36. The lowest BCUT2D eigenvalue weighted by Gasteiger charge is -2.20. The summed E-state index contributed by atoms with van der Waals surface area (Å²) in [5, 5.41) is 8.56. The molecule has 0 unspecified atom stereocenters. The molecule has 0 fully saturated rings. The van der Waals surface area contributed by atoms with E-state index in [0.717, 1.165) is 36.5 Å². The van der Waals surface area contributed by atoms with Crippen molar-refractivity contribution in [1.29, 1.82) is 0 Å². The first-order valence-corrected chi connectivity index (χ1v) is 8.52. The predicted octanol–water partition coefficient (Wildman–Crippen LogP) is 3.31. The normalized spacial score (nSPS) is 15.7. The van der Waals surface area contributed by atoms with Crippen LogP contribution in [0.4, 0.5) is 0 Å². The Labute approximate surface area is 134 Å². The number of aromatic nitrogens is 3. The molecule has 0 bridgehead atoms. The van der Waals surface area contributed by atoms with Crippen LogP contribution in [0.15, 0.2) is 47.4 Å². The van der Waals surface area contributed by atoms with E-state index in [1.807, 2.05) is 34.6 Å². The molecule has 1 aliphatic rings. The smallest absolute Gasteiger partial charge is 0.113 e. The molecule has 0 saturated heterocycles. The number of thioether (sulfide) groups is 1. The first-order valence-electron chi connectivity index (χ1n) is 7.53. The van der Waals surface area contributed by atoms with Crippen molar-refractivity contribution in [1.82, 2.24) is 19.9 Å². The lowest BCUT2D eigenvalue weighted by Crippen LogP contribution is -2.27. The molecular weight excluding hydrogens is 292 g/mol. The average molecular weight is 310 g/mol. The molecular formula is C17H18N4S. The maximum Gasteiger partial charge on any atom is 0.113 e. The van der Waals surface area contributed by atoms with E-state index < -0.39 is 0 Å². The highest BCUT2D eigenvalue weighted by molar-refractivity contribution is 7.99. The molecule has 112 valence electrons. The third kappa shape index (κ3) is 2.51. The molecule has 0 aliphatic carbocycles. The minimum Gasteiger partial charge on any atom is -0.279 e. The van der Waals surface area contributed by atoms with Crippen LogP contribution in [0.25, 0.3) is 11.0 Å². The Morgan fingerprint density at radius 3 is 3.00 bits per heavy atom. The summed E-state index contributed by atoms with van der Waals surface area (Å²) in [4.78, 5) is 3.90. The van der Waals surface area contributed by atoms with E-state index in [-0.39, 0.29) is 0 Å². The monoisotopic (exact) mass is 310 g/mol. The van der Waals surface area contributed by atoms with Gasteiger partial charge in [-0.2, -0.15) is 0 Å². The van der Waals surface area contributed by atoms with Crippen molar-refractivity contribution in [2.45, 2.75) is 25.0 Å². The van der Waals surface area contributed by atoms with E-state index in [9.17, 15) is 0 Å². The lowest BCUT2D eigenvalue weighted by atomic mass is 10.1. The van der Waals surface area contributed by atoms with Crippen LogP contribution >= 0.6 is 11.8 Å². The van der Waals surface area contributed by atoms with Crippen molar-refractivity contribution in [3.8, 4) is 0 Å². The van der Waals surface area contributed by atoms with Gasteiger partial charge in [0.15, 0.2) is 0 Å². The first kappa shape index (κ1) is 13.8. The van der Waals surface area contributed by atoms with E-state index in [1.165, 1.54) is 16.0 Å². The summed E-state index contributed by atoms with van der Waals surface area (Å²) >= 11 is 1.97. The second kappa shape index (κ2) is 5.74. The van der Waals surface area contributed by atoms with Crippen molar-refractivity contribution in [3.63, 3.8) is 0 Å². The molecule has 4 nitrogen and oxygen atoms in total. The Bertz CT molecular complexity index is 811. The Balaban J connectivity index is 1.61. The standard InChI is InChI=1S/C17H18N4S/c1-13-5-4-6-14-11-20(9-10-22-17(13)14)12-21-16-8-3-2-7-15(16)18-19-21/h2-8H,9-12H2,1H3. The van der Waals surface area contributed by atoms with Crippen LogP contribution in [0.2, 0.25) is 0 Å². The fourth-order valence-corrected chi connectivity index (χ4v) is 4.14. The van der Waals surface area contributed by atoms with Crippen LogP contribution in [-0.4, -0.2) is 32.2 Å². The average Bonchev–Trinajstić information content (AvgIpc) is 2.80. The molecule has 0 spiro atoms. The Morgan fingerprint density at radius 1 is 1.14 bits per heavy atom. The van der Waals surface area contributed by atoms with Crippen LogP contribution in [-0.2, 0) is 13.2 Å². The summed E-state index contributed by atoms with van der Waals surface area (Å²) in [7, 11) is 0. The van der Waals surface area contributed by atoms with Gasteiger partial charge in [0.2, 0.25) is 0 Å². The van der Waals surface area contributed by atoms with E-state index in [2.05, 4.69) is 46.4 Å². The molecule has 0 atom stereocenters. The van der Waals surface area contributed by atoms with Gasteiger partial charge in [-0.1, -0.05) is 35.5 Å². The van der Waals surface area contributed by atoms with Crippen LogP contribution in [0, 0.1) is 6.92 Å². The SMILES string of the molecule is Cc1cccc2c1SCCN(Cn1nnc3ccccc31)C2. The van der Waals surface area contributed by atoms with E-state index >= 15 is 0 Å². The number of hydrogen-bond donors (Lipinski definition) is 0. The molecule has 2 heterocycles. The zero-order valence-electron chi connectivity index (χ0n) is 12.6. The molecule has 0 radical (unpaired) electrons. The second-order valence-corrected chi connectivity index (χ2v) is 6.79. The summed E-state index contributed by atoms with van der Waals surface area (Å²) < 4.78 is 2.00. The maximum atomic E-state index is 4.31. The van der Waals surface area contributed by atoms with Gasteiger partial charge in [0, 0.05) is 23.7 Å². The van der Waals surface area contributed by atoms with Gasteiger partial charge >= 0.3 is 0 Å². The number of para-hydroxylation sites is 1. The van der Waals surface area contributed by atoms with E-state index in [1.54, 1.807) is 0 Å². The van der Waals surface area contributed by atoms with Crippen molar-refractivity contribution < 1.29 is 0 Å². The minimum atomic E-state index is 0.786. The van der Waals surface area contributed by atoms with Gasteiger partial charge in [0.05, 0.1) is 12.2 Å². The summed E-state index contributed by atoms with van der Waals surface area (Å²) in [5.74, 6) is 1.12. The quantitative estimate of drug-likeness (QED) is 0.727. The summed E-state index contributed by atoms with van der Waals surface area (Å²) in [5.41, 5.74) is 4.87. The lowest BCUT2D eigenvalue weighted by molar-refractivity contribution is 0.213. The third-order valence-electron chi connectivity index (χ3n) is 4.10. The highest BCUT2D eigenvalue weighted by Gasteiger charge is 2.17. The highest BCUT2D eigenvalue weighted by atomic mass is 32.2. The molecule has 1 aliphatic heterocycles. The topological polar surface area (TPSA) is 34.0 Å². The first-order chi connectivity index (χ1) is 10.8. The van der Waals surface area contributed by atoms with Crippen molar-refractivity contribution in [2.24, 2.45) is 0 Å². The molecule has 1 aromatic heterocycles. The molecule has 5 heteroatoms. The fraction of sp³-hybridized carbons (Fsp3) is 0.294. The van der Waals surface area contributed by atoms with Gasteiger partial charge in [0.1, 0.15) is 5.52 Å². The molecule has 0 N–H and O–H groups in total. The van der Waals surface area contributed by atoms with Gasteiger partial charge in [-0.15, -0.1) is 16.9 Å². The van der Waals surface area contributed by atoms with Crippen molar-refractivity contribution in [3.05, 3.63) is 53.6 Å². The van der Waals surface area contributed by atoms with Gasteiger partial charge < -0.3 is 0 Å². The number of benzene rings is 2. The van der Waals surface area contributed by atoms with Gasteiger partial charge in [-0.05, 0) is 30.2 Å². The predicted molar refractivity (Wildman–Crippen MR) is 89.8 cm³/mol. The van der Waals surface area contributed by atoms with E-state index in [0.29, 0.717) is 0 Å². The van der Waals surface area contributed by atoms with Crippen LogP contribution < -0.4 is 0 Å². The number of rotatable bonds is 2. The van der Waals surface area contributed by atoms with Gasteiger partial charge in [0.25, 0.3) is 0 Å². The molecule has 0 amide bonds. The summed E-state index contributed by atoms with van der Waals surface area (Å²) in [6.45, 7) is 5.02. The number of fused-ring (bicyclic) bond motifs is 2. The Morgan fingerprint density at radius 2 is 2.05 bits per heavy atom. The minimum absolute atomic E-state index is 0.786. The fourth-order valence-electron chi connectivity index (χ4n) is 2.97. The Hall–Kier alpha value is -1.85. The van der Waals surface area contributed by atoms with Crippen LogP contribution in [0.5, 0.6) is 0 Å². The number of nitrogens with zero attached hydrogens (tertiary/aromatic N) is 4. The molecule has 0 saturated carbocycles. The van der Waals surface area contributed by atoms with Gasteiger partial charge in [-0.25, -0.2) is 4.68 Å². The second-order valence-electron chi connectivity index (χ2n) is 5.68. The molecule has 22 heavy (non-hydrogen) atoms. The van der Waals surface area contributed by atoms with Crippen LogP contribution in [0.1, 0.15) is 11.1 Å². The maximum absolute atomic E-state index is 4.31. The molecule has 2 aromatic carbocycles. The number of hydrogen-bond acceptors (Lipinski definition) is 4. The summed E-state index contributed by atoms with van der Waals surface area (Å²) in [6.07, 6.45) is 0. The Kier molecular flexibility index (Phi) is 3.60. The van der Waals surface area contributed by atoms with Crippen LogP contribution in [0.3, 0.4) is 0 Å². The highest BCUT2D eigenvalue weighted by Crippen LogP contribution is 2.30. The largest absolute Gasteiger partial charge is 0.279 e. The van der Waals surface area contributed by atoms with E-state index in [4.69, 9.17) is 0 Å². The molecule has 4 rings (SSSR count).